The fourth-order valence-corrected chi connectivity index (χ4v) is 2.27. The molecule has 0 aliphatic carbocycles. The van der Waals surface area contributed by atoms with Crippen LogP contribution in [0.4, 0.5) is 5.69 Å². The highest BCUT2D eigenvalue weighted by Gasteiger charge is 2.12. The molecule has 0 saturated carbocycles. The third-order valence-corrected chi connectivity index (χ3v) is 3.40. The van der Waals surface area contributed by atoms with Gasteiger partial charge in [0.15, 0.2) is 0 Å². The number of benzene rings is 1. The number of anilines is 1. The average Bonchev–Trinajstić information content (AvgIpc) is 2.55. The average molecular weight is 315 g/mol. The number of carbonyl (C=O) groups is 1. The third kappa shape index (κ3) is 2.88. The Morgan fingerprint density at radius 3 is 3.00 bits per heavy atom. The van der Waals surface area contributed by atoms with Crippen LogP contribution in [0.5, 0.6) is 0 Å². The Bertz CT molecular complexity index is 1080. The van der Waals surface area contributed by atoms with E-state index < -0.39 is 5.63 Å². The lowest BCUT2D eigenvalue weighted by molar-refractivity contribution is -0.116. The molecule has 1 aromatic heterocycles. The molecule has 6 heteroatoms. The minimum Gasteiger partial charge on any atom is -0.422 e. The number of carbonyl (C=O) groups excluding carboxylic acids is 1. The van der Waals surface area contributed by atoms with E-state index >= 15 is 0 Å². The van der Waals surface area contributed by atoms with Crippen LogP contribution in [0, 0.1) is 29.7 Å². The molecule has 0 atom stereocenters. The van der Waals surface area contributed by atoms with E-state index in [1.807, 2.05) is 0 Å². The summed E-state index contributed by atoms with van der Waals surface area (Å²) in [4.78, 5) is 26.8. The SMILES string of the molecule is [C-]#[N+]/C(C#N)=C/c1cc2cc3c(cc2oc1=O)C#CCCC(=O)N3. The van der Waals surface area contributed by atoms with E-state index in [0.717, 1.165) is 0 Å². The Morgan fingerprint density at radius 1 is 1.42 bits per heavy atom. The Balaban J connectivity index is 2.22. The van der Waals surface area contributed by atoms with Crippen molar-refractivity contribution in [3.05, 3.63) is 56.9 Å². The molecule has 0 fully saturated rings. The van der Waals surface area contributed by atoms with Crippen LogP contribution in [-0.4, -0.2) is 5.91 Å². The monoisotopic (exact) mass is 315 g/mol. The van der Waals surface area contributed by atoms with Crippen LogP contribution in [0.25, 0.3) is 21.9 Å². The summed E-state index contributed by atoms with van der Waals surface area (Å²) in [5, 5.41) is 12.1. The fourth-order valence-electron chi connectivity index (χ4n) is 2.27. The van der Waals surface area contributed by atoms with E-state index in [-0.39, 0.29) is 17.2 Å². The molecular formula is C18H9N3O3. The van der Waals surface area contributed by atoms with Crippen LogP contribution >= 0.6 is 0 Å². The van der Waals surface area contributed by atoms with Crippen molar-refractivity contribution in [1.82, 2.24) is 0 Å². The third-order valence-electron chi connectivity index (χ3n) is 3.40. The first-order valence-corrected chi connectivity index (χ1v) is 7.00. The highest BCUT2D eigenvalue weighted by Crippen LogP contribution is 2.25. The summed E-state index contributed by atoms with van der Waals surface area (Å²) < 4.78 is 5.25. The minimum atomic E-state index is -0.651. The van der Waals surface area contributed by atoms with E-state index in [2.05, 4.69) is 22.0 Å². The first-order valence-electron chi connectivity index (χ1n) is 7.00. The summed E-state index contributed by atoms with van der Waals surface area (Å²) >= 11 is 0. The van der Waals surface area contributed by atoms with Gasteiger partial charge in [-0.2, -0.15) is 0 Å². The number of nitrogens with one attached hydrogen (secondary N) is 1. The second-order valence-electron chi connectivity index (χ2n) is 5.03. The van der Waals surface area contributed by atoms with Gasteiger partial charge in [0, 0.05) is 18.2 Å². The second kappa shape index (κ2) is 6.12. The van der Waals surface area contributed by atoms with Gasteiger partial charge in [0.1, 0.15) is 5.58 Å². The van der Waals surface area contributed by atoms with Gasteiger partial charge in [-0.3, -0.25) is 4.79 Å². The maximum absolute atomic E-state index is 12.0. The Morgan fingerprint density at radius 2 is 2.25 bits per heavy atom. The lowest BCUT2D eigenvalue weighted by atomic mass is 10.1. The number of amides is 1. The van der Waals surface area contributed by atoms with E-state index in [1.165, 1.54) is 12.1 Å². The molecule has 0 saturated heterocycles. The molecule has 1 aliphatic rings. The Hall–Kier alpha value is -3.82. The number of hydrogen-bond donors (Lipinski definition) is 1. The topological polar surface area (TPSA) is 87.5 Å². The van der Waals surface area contributed by atoms with Gasteiger partial charge in [-0.15, -0.1) is 0 Å². The standard InChI is InChI=1S/C18H9N3O3/c1-20-14(10-19)7-13-6-12-8-15-11(9-16(12)24-18(13)23)4-2-3-5-17(22)21-15/h6-9H,3,5H2,(H,21,22)/b14-7+. The van der Waals surface area contributed by atoms with E-state index in [9.17, 15) is 9.59 Å². The zero-order valence-corrected chi connectivity index (χ0v) is 12.3. The van der Waals surface area contributed by atoms with Crippen LogP contribution < -0.4 is 10.9 Å². The van der Waals surface area contributed by atoms with Gasteiger partial charge in [0.05, 0.1) is 29.5 Å². The van der Waals surface area contributed by atoms with Crippen LogP contribution in [0.1, 0.15) is 24.0 Å². The molecule has 1 aromatic carbocycles. The summed E-state index contributed by atoms with van der Waals surface area (Å²) in [6.07, 6.45) is 1.96. The molecule has 0 spiro atoms. The molecule has 2 aromatic rings. The maximum Gasteiger partial charge on any atom is 0.342 e. The molecule has 2 heterocycles. The molecule has 0 radical (unpaired) electrons. The molecule has 3 rings (SSSR count). The van der Waals surface area contributed by atoms with Crippen molar-refractivity contribution >= 4 is 28.6 Å². The summed E-state index contributed by atoms with van der Waals surface area (Å²) in [6, 6.07) is 6.47. The molecule has 24 heavy (non-hydrogen) atoms. The Labute approximate surface area is 136 Å². The summed E-state index contributed by atoms with van der Waals surface area (Å²) in [6.45, 7) is 6.87. The zero-order valence-electron chi connectivity index (χ0n) is 12.3. The van der Waals surface area contributed by atoms with Crippen LogP contribution in [-0.2, 0) is 4.79 Å². The highest BCUT2D eigenvalue weighted by atomic mass is 16.4. The van der Waals surface area contributed by atoms with Crippen molar-refractivity contribution in [2.24, 2.45) is 0 Å². The van der Waals surface area contributed by atoms with Crippen molar-refractivity contribution in [2.75, 3.05) is 5.32 Å². The molecular weight excluding hydrogens is 306 g/mol. The van der Waals surface area contributed by atoms with Crippen LogP contribution in [0.2, 0.25) is 0 Å². The number of fused-ring (bicyclic) bond motifs is 2. The first kappa shape index (κ1) is 15.1. The van der Waals surface area contributed by atoms with E-state index in [1.54, 1.807) is 18.2 Å². The molecule has 114 valence electrons. The molecule has 1 amide bonds. The van der Waals surface area contributed by atoms with Crippen molar-refractivity contribution in [3.8, 4) is 17.9 Å². The largest absolute Gasteiger partial charge is 0.422 e. The van der Waals surface area contributed by atoms with Gasteiger partial charge < -0.3 is 9.73 Å². The van der Waals surface area contributed by atoms with Crippen LogP contribution in [0.15, 0.2) is 33.1 Å². The lowest BCUT2D eigenvalue weighted by Gasteiger charge is -2.10. The van der Waals surface area contributed by atoms with Crippen molar-refractivity contribution < 1.29 is 9.21 Å². The Kier molecular flexibility index (Phi) is 3.85. The molecule has 6 nitrogen and oxygen atoms in total. The first-order chi connectivity index (χ1) is 11.6. The number of nitriles is 1. The van der Waals surface area contributed by atoms with Gasteiger partial charge >= 0.3 is 5.63 Å². The van der Waals surface area contributed by atoms with E-state index in [0.29, 0.717) is 35.1 Å². The van der Waals surface area contributed by atoms with Crippen LogP contribution in [0.3, 0.4) is 0 Å². The van der Waals surface area contributed by atoms with Crippen molar-refractivity contribution in [2.45, 2.75) is 12.8 Å². The number of nitrogens with zero attached hydrogens (tertiary/aromatic N) is 2. The van der Waals surface area contributed by atoms with Gasteiger partial charge in [-0.05, 0) is 24.3 Å². The fraction of sp³-hybridized carbons (Fsp3) is 0.111. The molecule has 1 aliphatic heterocycles. The minimum absolute atomic E-state index is 0.0956. The van der Waals surface area contributed by atoms with Gasteiger partial charge in [-0.25, -0.2) is 14.9 Å². The summed E-state index contributed by atoms with van der Waals surface area (Å²) in [5.74, 6) is 5.70. The van der Waals surface area contributed by atoms with Gasteiger partial charge in [-0.1, -0.05) is 11.8 Å². The number of rotatable bonds is 1. The predicted octanol–water partition coefficient (Wildman–Crippen LogP) is 2.66. The number of allylic oxidation sites excluding steroid dienone is 1. The normalized spacial score (nSPS) is 13.4. The quantitative estimate of drug-likeness (QED) is 0.379. The maximum atomic E-state index is 12.0. The molecule has 0 unspecified atom stereocenters. The smallest absolute Gasteiger partial charge is 0.342 e. The van der Waals surface area contributed by atoms with Gasteiger partial charge in [0.25, 0.3) is 5.70 Å². The molecule has 1 N–H and O–H groups in total. The van der Waals surface area contributed by atoms with Gasteiger partial charge in [0.2, 0.25) is 5.91 Å². The number of hydrogen-bond acceptors (Lipinski definition) is 4. The van der Waals surface area contributed by atoms with E-state index in [4.69, 9.17) is 16.3 Å². The second-order valence-corrected chi connectivity index (χ2v) is 5.03. The van der Waals surface area contributed by atoms with Crippen molar-refractivity contribution in [3.63, 3.8) is 0 Å². The highest BCUT2D eigenvalue weighted by molar-refractivity contribution is 5.96. The zero-order chi connectivity index (χ0) is 17.1. The predicted molar refractivity (Wildman–Crippen MR) is 87.4 cm³/mol. The lowest BCUT2D eigenvalue weighted by Crippen LogP contribution is -2.13. The van der Waals surface area contributed by atoms with Crippen molar-refractivity contribution in [1.29, 1.82) is 5.26 Å². The molecule has 0 bridgehead atoms. The summed E-state index contributed by atoms with van der Waals surface area (Å²) in [7, 11) is 0. The summed E-state index contributed by atoms with van der Waals surface area (Å²) in [5.41, 5.74) is 0.656.